The Hall–Kier alpha value is -2.68. The van der Waals surface area contributed by atoms with Gasteiger partial charge >= 0.3 is 0 Å². The van der Waals surface area contributed by atoms with Crippen molar-refractivity contribution in [2.45, 2.75) is 0 Å². The SMILES string of the molecule is N#Cc1c(-c2ccc(F)cc2F)cc(=O)[nH]c1O. The second-order valence-corrected chi connectivity index (χ2v) is 3.51. The number of nitriles is 1. The van der Waals surface area contributed by atoms with Crippen molar-refractivity contribution in [1.29, 1.82) is 5.26 Å². The van der Waals surface area contributed by atoms with Crippen molar-refractivity contribution >= 4 is 0 Å². The van der Waals surface area contributed by atoms with E-state index in [9.17, 15) is 18.7 Å². The lowest BCUT2D eigenvalue weighted by molar-refractivity contribution is 0.450. The number of aromatic hydroxyl groups is 1. The Bertz CT molecular complexity index is 717. The van der Waals surface area contributed by atoms with E-state index in [-0.39, 0.29) is 16.7 Å². The molecule has 0 aliphatic carbocycles. The first-order chi connectivity index (χ1) is 8.52. The highest BCUT2D eigenvalue weighted by Gasteiger charge is 2.15. The third-order valence-electron chi connectivity index (χ3n) is 2.36. The van der Waals surface area contributed by atoms with Crippen molar-refractivity contribution in [2.75, 3.05) is 0 Å². The number of halogens is 2. The molecule has 18 heavy (non-hydrogen) atoms. The highest BCUT2D eigenvalue weighted by atomic mass is 19.1. The van der Waals surface area contributed by atoms with Crippen molar-refractivity contribution < 1.29 is 13.9 Å². The molecule has 0 atom stereocenters. The Labute approximate surface area is 99.8 Å². The summed E-state index contributed by atoms with van der Waals surface area (Å²) in [6.45, 7) is 0. The molecule has 0 aliphatic heterocycles. The zero-order valence-corrected chi connectivity index (χ0v) is 8.87. The topological polar surface area (TPSA) is 76.9 Å². The predicted molar refractivity (Wildman–Crippen MR) is 58.8 cm³/mol. The molecule has 0 fully saturated rings. The minimum absolute atomic E-state index is 0.0868. The molecule has 1 aromatic carbocycles. The first-order valence-corrected chi connectivity index (χ1v) is 4.84. The van der Waals surface area contributed by atoms with Crippen LogP contribution in [0.4, 0.5) is 8.78 Å². The van der Waals surface area contributed by atoms with E-state index in [4.69, 9.17) is 5.26 Å². The van der Waals surface area contributed by atoms with Crippen LogP contribution in [0.15, 0.2) is 29.1 Å². The number of nitrogens with zero attached hydrogens (tertiary/aromatic N) is 1. The van der Waals surface area contributed by atoms with Crippen LogP contribution in [0.2, 0.25) is 0 Å². The normalized spacial score (nSPS) is 10.1. The Balaban J connectivity index is 2.79. The first kappa shape index (κ1) is 11.8. The van der Waals surface area contributed by atoms with Gasteiger partial charge < -0.3 is 5.11 Å². The van der Waals surface area contributed by atoms with Gasteiger partial charge in [-0.25, -0.2) is 8.78 Å². The van der Waals surface area contributed by atoms with Crippen LogP contribution in [0.5, 0.6) is 5.88 Å². The van der Waals surface area contributed by atoms with E-state index in [0.717, 1.165) is 18.2 Å². The number of aromatic amines is 1. The molecule has 0 saturated heterocycles. The number of benzene rings is 1. The lowest BCUT2D eigenvalue weighted by Gasteiger charge is -2.06. The summed E-state index contributed by atoms with van der Waals surface area (Å²) in [5, 5.41) is 18.3. The van der Waals surface area contributed by atoms with E-state index in [1.54, 1.807) is 6.07 Å². The zero-order valence-electron chi connectivity index (χ0n) is 8.87. The van der Waals surface area contributed by atoms with E-state index in [1.807, 2.05) is 4.98 Å². The van der Waals surface area contributed by atoms with E-state index in [0.29, 0.717) is 6.07 Å². The fourth-order valence-corrected chi connectivity index (χ4v) is 1.58. The van der Waals surface area contributed by atoms with Crippen LogP contribution in [0.1, 0.15) is 5.56 Å². The van der Waals surface area contributed by atoms with Gasteiger partial charge in [-0.1, -0.05) is 0 Å². The average Bonchev–Trinajstić information content (AvgIpc) is 2.28. The van der Waals surface area contributed by atoms with Crippen LogP contribution in [0.25, 0.3) is 11.1 Å². The Morgan fingerprint density at radius 1 is 1.22 bits per heavy atom. The number of nitrogens with one attached hydrogen (secondary N) is 1. The van der Waals surface area contributed by atoms with Gasteiger partial charge in [0.25, 0.3) is 5.56 Å². The largest absolute Gasteiger partial charge is 0.494 e. The molecule has 0 unspecified atom stereocenters. The highest BCUT2D eigenvalue weighted by Crippen LogP contribution is 2.28. The summed E-state index contributed by atoms with van der Waals surface area (Å²) >= 11 is 0. The van der Waals surface area contributed by atoms with Gasteiger partial charge in [0.05, 0.1) is 0 Å². The van der Waals surface area contributed by atoms with Crippen molar-refractivity contribution in [3.8, 4) is 23.1 Å². The summed E-state index contributed by atoms with van der Waals surface area (Å²) < 4.78 is 26.4. The molecule has 1 heterocycles. The van der Waals surface area contributed by atoms with Crippen molar-refractivity contribution in [1.82, 2.24) is 4.98 Å². The van der Waals surface area contributed by atoms with Crippen LogP contribution in [0, 0.1) is 23.0 Å². The molecule has 6 heteroatoms. The van der Waals surface area contributed by atoms with E-state index >= 15 is 0 Å². The monoisotopic (exact) mass is 248 g/mol. The van der Waals surface area contributed by atoms with Crippen LogP contribution in [-0.2, 0) is 0 Å². The van der Waals surface area contributed by atoms with Gasteiger partial charge in [-0.3, -0.25) is 9.78 Å². The average molecular weight is 248 g/mol. The summed E-state index contributed by atoms with van der Waals surface area (Å²) in [4.78, 5) is 13.2. The molecule has 4 nitrogen and oxygen atoms in total. The lowest BCUT2D eigenvalue weighted by Crippen LogP contribution is -2.06. The van der Waals surface area contributed by atoms with Crippen LogP contribution < -0.4 is 5.56 Å². The fraction of sp³-hybridized carbons (Fsp3) is 0. The van der Waals surface area contributed by atoms with Gasteiger partial charge in [-0.2, -0.15) is 5.26 Å². The Morgan fingerprint density at radius 2 is 1.94 bits per heavy atom. The van der Waals surface area contributed by atoms with E-state index in [2.05, 4.69) is 0 Å². The fourth-order valence-electron chi connectivity index (χ4n) is 1.58. The van der Waals surface area contributed by atoms with Crippen LogP contribution in [0.3, 0.4) is 0 Å². The third-order valence-corrected chi connectivity index (χ3v) is 2.36. The second-order valence-electron chi connectivity index (χ2n) is 3.51. The number of H-pyrrole nitrogens is 1. The summed E-state index contributed by atoms with van der Waals surface area (Å²) in [6.07, 6.45) is 0. The van der Waals surface area contributed by atoms with Crippen molar-refractivity contribution in [3.63, 3.8) is 0 Å². The molecule has 0 saturated carbocycles. The molecule has 2 rings (SSSR count). The van der Waals surface area contributed by atoms with E-state index in [1.165, 1.54) is 0 Å². The third kappa shape index (κ3) is 1.94. The number of hydrogen-bond donors (Lipinski definition) is 2. The maximum Gasteiger partial charge on any atom is 0.251 e. The predicted octanol–water partition coefficient (Wildman–Crippen LogP) is 1.90. The van der Waals surface area contributed by atoms with Gasteiger partial charge in [0.2, 0.25) is 5.88 Å². The maximum atomic E-state index is 13.6. The molecular formula is C12H6F2N2O2. The summed E-state index contributed by atoms with van der Waals surface area (Å²) in [6, 6.07) is 5.35. The molecule has 0 radical (unpaired) electrons. The first-order valence-electron chi connectivity index (χ1n) is 4.84. The molecule has 90 valence electrons. The number of aromatic nitrogens is 1. The quantitative estimate of drug-likeness (QED) is 0.809. The van der Waals surface area contributed by atoms with Gasteiger partial charge in [0.15, 0.2) is 0 Å². The van der Waals surface area contributed by atoms with Gasteiger partial charge in [0.1, 0.15) is 23.3 Å². The molecule has 0 bridgehead atoms. The molecule has 2 N–H and O–H groups in total. The van der Waals surface area contributed by atoms with Crippen LogP contribution >= 0.6 is 0 Å². The molecule has 2 aromatic rings. The van der Waals surface area contributed by atoms with Crippen molar-refractivity contribution in [2.24, 2.45) is 0 Å². The number of pyridine rings is 1. The minimum atomic E-state index is -0.920. The molecule has 0 amide bonds. The van der Waals surface area contributed by atoms with Crippen molar-refractivity contribution in [3.05, 3.63) is 51.8 Å². The summed E-state index contributed by atoms with van der Waals surface area (Å²) in [7, 11) is 0. The lowest BCUT2D eigenvalue weighted by atomic mass is 10.0. The van der Waals surface area contributed by atoms with Gasteiger partial charge in [0, 0.05) is 23.3 Å². The summed E-state index contributed by atoms with van der Waals surface area (Å²) in [5.41, 5.74) is -1.18. The minimum Gasteiger partial charge on any atom is -0.494 e. The number of rotatable bonds is 1. The van der Waals surface area contributed by atoms with Gasteiger partial charge in [-0.05, 0) is 12.1 Å². The molecule has 0 spiro atoms. The smallest absolute Gasteiger partial charge is 0.251 e. The molecule has 0 aliphatic rings. The molecule has 1 aromatic heterocycles. The Kier molecular flexibility index (Phi) is 2.81. The van der Waals surface area contributed by atoms with E-state index < -0.39 is 23.1 Å². The summed E-state index contributed by atoms with van der Waals surface area (Å²) in [5.74, 6) is -2.34. The maximum absolute atomic E-state index is 13.6. The highest BCUT2D eigenvalue weighted by molar-refractivity contribution is 5.72. The standard InChI is InChI=1S/C12H6F2N2O2/c13-6-1-2-7(10(14)3-6)8-4-11(17)16-12(18)9(8)5-15/h1-4H,(H2,16,17,18). The Morgan fingerprint density at radius 3 is 2.56 bits per heavy atom. The second kappa shape index (κ2) is 4.30. The zero-order chi connectivity index (χ0) is 13.3. The van der Waals surface area contributed by atoms with Crippen LogP contribution in [-0.4, -0.2) is 10.1 Å². The number of hydrogen-bond acceptors (Lipinski definition) is 3. The van der Waals surface area contributed by atoms with Gasteiger partial charge in [-0.15, -0.1) is 0 Å². The molecular weight excluding hydrogens is 242 g/mol.